The van der Waals surface area contributed by atoms with Gasteiger partial charge in [0.2, 0.25) is 0 Å². The van der Waals surface area contributed by atoms with Crippen molar-refractivity contribution in [3.05, 3.63) is 23.5 Å². The van der Waals surface area contributed by atoms with Gasteiger partial charge in [-0.1, -0.05) is 0 Å². The summed E-state index contributed by atoms with van der Waals surface area (Å²) >= 11 is 0. The second kappa shape index (κ2) is 6.91. The van der Waals surface area contributed by atoms with Gasteiger partial charge in [0.1, 0.15) is 11.4 Å². The Bertz CT molecular complexity index is 454. The maximum atomic E-state index is 13.2. The predicted molar refractivity (Wildman–Crippen MR) is 68.9 cm³/mol. The highest BCUT2D eigenvalue weighted by Crippen LogP contribution is 2.25. The maximum Gasteiger partial charge on any atom is 0.340 e. The molecule has 0 radical (unpaired) electrons. The zero-order valence-electron chi connectivity index (χ0n) is 10.8. The molecule has 1 aromatic carbocycles. The predicted octanol–water partition coefficient (Wildman–Crippen LogP) is 1.18. The van der Waals surface area contributed by atoms with Gasteiger partial charge in [0, 0.05) is 20.8 Å². The molecule has 0 saturated heterocycles. The first kappa shape index (κ1) is 15.2. The molecule has 4 N–H and O–H groups in total. The number of anilines is 2. The van der Waals surface area contributed by atoms with Crippen molar-refractivity contribution in [3.8, 4) is 0 Å². The highest BCUT2D eigenvalue weighted by Gasteiger charge is 2.18. The zero-order chi connectivity index (χ0) is 14.4. The van der Waals surface area contributed by atoms with Crippen LogP contribution in [0.5, 0.6) is 0 Å². The van der Waals surface area contributed by atoms with Gasteiger partial charge in [-0.25, -0.2) is 9.18 Å². The van der Waals surface area contributed by atoms with Crippen LogP contribution < -0.4 is 11.1 Å². The molecular weight excluding hydrogens is 255 g/mol. The molecule has 7 heteroatoms. The van der Waals surface area contributed by atoms with E-state index in [1.807, 2.05) is 0 Å². The Morgan fingerprint density at radius 1 is 1.53 bits per heavy atom. The van der Waals surface area contributed by atoms with Gasteiger partial charge < -0.3 is 25.6 Å². The highest BCUT2D eigenvalue weighted by molar-refractivity contribution is 6.00. The molecule has 0 amide bonds. The number of carbonyl (C=O) groups is 1. The number of ether oxygens (including phenoxy) is 2. The average Bonchev–Trinajstić information content (AvgIpc) is 2.37. The average molecular weight is 272 g/mol. The number of rotatable bonds is 7. The van der Waals surface area contributed by atoms with E-state index in [9.17, 15) is 9.18 Å². The van der Waals surface area contributed by atoms with E-state index in [0.29, 0.717) is 13.2 Å². The molecule has 0 saturated carbocycles. The first-order valence-electron chi connectivity index (χ1n) is 5.58. The molecule has 1 aromatic rings. The van der Waals surface area contributed by atoms with E-state index in [4.69, 9.17) is 20.3 Å². The Labute approximate surface area is 110 Å². The Morgan fingerprint density at radius 2 is 2.21 bits per heavy atom. The van der Waals surface area contributed by atoms with Crippen molar-refractivity contribution in [2.75, 3.05) is 38.4 Å². The van der Waals surface area contributed by atoms with E-state index in [2.05, 4.69) is 5.32 Å². The van der Waals surface area contributed by atoms with Gasteiger partial charge >= 0.3 is 5.97 Å². The fourth-order valence-electron chi connectivity index (χ4n) is 1.59. The van der Waals surface area contributed by atoms with E-state index in [0.717, 1.165) is 6.07 Å². The van der Waals surface area contributed by atoms with Crippen LogP contribution in [0.15, 0.2) is 12.1 Å². The number of carboxylic acid groups (broad SMARTS) is 1. The number of benzene rings is 1. The zero-order valence-corrected chi connectivity index (χ0v) is 10.8. The molecule has 0 aliphatic heterocycles. The van der Waals surface area contributed by atoms with Gasteiger partial charge in [-0.2, -0.15) is 0 Å². The summed E-state index contributed by atoms with van der Waals surface area (Å²) in [6.07, 6.45) is -0.252. The van der Waals surface area contributed by atoms with Crippen LogP contribution in [0.1, 0.15) is 10.4 Å². The van der Waals surface area contributed by atoms with Crippen LogP contribution in [0, 0.1) is 5.82 Å². The largest absolute Gasteiger partial charge is 0.478 e. The summed E-state index contributed by atoms with van der Waals surface area (Å²) in [5, 5.41) is 11.9. The van der Waals surface area contributed by atoms with Crippen LogP contribution in [0.2, 0.25) is 0 Å². The number of nitrogens with two attached hydrogens (primary N) is 1. The summed E-state index contributed by atoms with van der Waals surface area (Å²) in [5.41, 5.74) is 4.99. The van der Waals surface area contributed by atoms with Crippen LogP contribution >= 0.6 is 0 Å². The lowest BCUT2D eigenvalue weighted by Gasteiger charge is -2.17. The smallest absolute Gasteiger partial charge is 0.340 e. The Kier molecular flexibility index (Phi) is 5.53. The standard InChI is InChI=1S/C12H17FN2O4/c1-18-6-7(19-2)5-15-9-4-3-8(13)11(14)10(9)12(16)17/h3-4,7,15H,5-6,14H2,1-2H3,(H,16,17). The number of methoxy groups -OCH3 is 2. The minimum absolute atomic E-state index is 0.240. The van der Waals surface area contributed by atoms with Crippen LogP contribution in [-0.2, 0) is 9.47 Å². The molecular formula is C12H17FN2O4. The van der Waals surface area contributed by atoms with Crippen molar-refractivity contribution in [2.45, 2.75) is 6.10 Å². The highest BCUT2D eigenvalue weighted by atomic mass is 19.1. The summed E-state index contributed by atoms with van der Waals surface area (Å²) in [7, 11) is 3.05. The maximum absolute atomic E-state index is 13.2. The Morgan fingerprint density at radius 3 is 2.74 bits per heavy atom. The third-order valence-corrected chi connectivity index (χ3v) is 2.61. The van der Waals surface area contributed by atoms with E-state index in [-0.39, 0.29) is 17.4 Å². The van der Waals surface area contributed by atoms with Crippen LogP contribution in [0.3, 0.4) is 0 Å². The van der Waals surface area contributed by atoms with E-state index in [1.54, 1.807) is 0 Å². The van der Waals surface area contributed by atoms with Crippen molar-refractivity contribution >= 4 is 17.3 Å². The van der Waals surface area contributed by atoms with E-state index >= 15 is 0 Å². The molecule has 6 nitrogen and oxygen atoms in total. The van der Waals surface area contributed by atoms with Crippen LogP contribution in [-0.4, -0.2) is 44.6 Å². The van der Waals surface area contributed by atoms with Crippen LogP contribution in [0.25, 0.3) is 0 Å². The lowest BCUT2D eigenvalue weighted by molar-refractivity contribution is 0.0365. The lowest BCUT2D eigenvalue weighted by Crippen LogP contribution is -2.27. The first-order chi connectivity index (χ1) is 9.01. The minimum atomic E-state index is -1.29. The van der Waals surface area contributed by atoms with Gasteiger partial charge in [-0.3, -0.25) is 0 Å². The second-order valence-electron chi connectivity index (χ2n) is 3.88. The van der Waals surface area contributed by atoms with Crippen molar-refractivity contribution in [1.29, 1.82) is 0 Å². The molecule has 1 atom stereocenters. The number of nitrogen functional groups attached to an aromatic ring is 1. The molecule has 0 fully saturated rings. The summed E-state index contributed by atoms with van der Waals surface area (Å²) in [4.78, 5) is 11.1. The quantitative estimate of drug-likeness (QED) is 0.645. The summed E-state index contributed by atoms with van der Waals surface area (Å²) in [5.74, 6) is -2.05. The number of carboxylic acids is 1. The third kappa shape index (κ3) is 3.80. The van der Waals surface area contributed by atoms with Gasteiger partial charge in [0.25, 0.3) is 0 Å². The normalized spacial score (nSPS) is 12.2. The van der Waals surface area contributed by atoms with Crippen molar-refractivity contribution < 1.29 is 23.8 Å². The molecule has 0 bridgehead atoms. The Balaban J connectivity index is 2.89. The number of halogens is 1. The molecule has 0 spiro atoms. The summed E-state index contributed by atoms with van der Waals surface area (Å²) < 4.78 is 23.3. The van der Waals surface area contributed by atoms with Gasteiger partial charge in [0.05, 0.1) is 24.1 Å². The topological polar surface area (TPSA) is 93.8 Å². The third-order valence-electron chi connectivity index (χ3n) is 2.61. The number of nitrogens with one attached hydrogen (secondary N) is 1. The van der Waals surface area contributed by atoms with Crippen molar-refractivity contribution in [1.82, 2.24) is 0 Å². The fraction of sp³-hybridized carbons (Fsp3) is 0.417. The van der Waals surface area contributed by atoms with Crippen LogP contribution in [0.4, 0.5) is 15.8 Å². The second-order valence-corrected chi connectivity index (χ2v) is 3.88. The number of aromatic carboxylic acids is 1. The molecule has 19 heavy (non-hydrogen) atoms. The number of hydrogen-bond donors (Lipinski definition) is 3. The van der Waals surface area contributed by atoms with Gasteiger partial charge in [-0.05, 0) is 12.1 Å². The first-order valence-corrected chi connectivity index (χ1v) is 5.58. The Hall–Kier alpha value is -1.86. The van der Waals surface area contributed by atoms with E-state index < -0.39 is 17.5 Å². The minimum Gasteiger partial charge on any atom is -0.478 e. The molecule has 0 aliphatic rings. The molecule has 0 aliphatic carbocycles. The summed E-state index contributed by atoms with van der Waals surface area (Å²) in [6.45, 7) is 0.665. The molecule has 0 heterocycles. The van der Waals surface area contributed by atoms with Gasteiger partial charge in [0.15, 0.2) is 0 Å². The fourth-order valence-corrected chi connectivity index (χ4v) is 1.59. The lowest BCUT2D eigenvalue weighted by atomic mass is 10.1. The molecule has 106 valence electrons. The monoisotopic (exact) mass is 272 g/mol. The molecule has 1 rings (SSSR count). The number of hydrogen-bond acceptors (Lipinski definition) is 5. The van der Waals surface area contributed by atoms with Crippen molar-refractivity contribution in [3.63, 3.8) is 0 Å². The molecule has 0 aromatic heterocycles. The van der Waals surface area contributed by atoms with Crippen molar-refractivity contribution in [2.24, 2.45) is 0 Å². The van der Waals surface area contributed by atoms with Gasteiger partial charge in [-0.15, -0.1) is 0 Å². The SMILES string of the molecule is COCC(CNc1ccc(F)c(N)c1C(=O)O)OC. The summed E-state index contributed by atoms with van der Waals surface area (Å²) in [6, 6.07) is 2.44. The van der Waals surface area contributed by atoms with E-state index in [1.165, 1.54) is 20.3 Å². The molecule has 1 unspecified atom stereocenters.